The minimum atomic E-state index is -0.463. The topological polar surface area (TPSA) is 56.2 Å². The van der Waals surface area contributed by atoms with Crippen LogP contribution in [0, 0.1) is 5.82 Å². The third-order valence-electron chi connectivity index (χ3n) is 3.61. The van der Waals surface area contributed by atoms with E-state index in [1.807, 2.05) is 28.8 Å². The summed E-state index contributed by atoms with van der Waals surface area (Å²) in [6.07, 6.45) is 0.908. The molecule has 0 fully saturated rings. The van der Waals surface area contributed by atoms with Crippen molar-refractivity contribution in [2.45, 2.75) is 19.9 Å². The minimum Gasteiger partial charge on any atom is -0.482 e. The van der Waals surface area contributed by atoms with E-state index in [-0.39, 0.29) is 23.3 Å². The molecule has 25 heavy (non-hydrogen) atoms. The Balaban J connectivity index is 1.72. The fourth-order valence-corrected chi connectivity index (χ4v) is 2.74. The van der Waals surface area contributed by atoms with E-state index < -0.39 is 5.82 Å². The SMILES string of the molecule is CCCn1c(NC(=O)COc2ccc(F)cc2Cl)nc2ccccc21. The minimum absolute atomic E-state index is 0.117. The number of hydrogen-bond acceptors (Lipinski definition) is 3. The molecular weight excluding hydrogens is 345 g/mol. The maximum atomic E-state index is 13.0. The number of nitrogens with zero attached hydrogens (tertiary/aromatic N) is 2. The van der Waals surface area contributed by atoms with Gasteiger partial charge < -0.3 is 9.30 Å². The second-order valence-electron chi connectivity index (χ2n) is 5.49. The number of carbonyl (C=O) groups excluding carboxylic acids is 1. The number of ether oxygens (including phenoxy) is 1. The molecular formula is C18H17ClFN3O2. The molecule has 1 heterocycles. The van der Waals surface area contributed by atoms with E-state index in [4.69, 9.17) is 16.3 Å². The third-order valence-corrected chi connectivity index (χ3v) is 3.90. The van der Waals surface area contributed by atoms with Gasteiger partial charge in [-0.3, -0.25) is 10.1 Å². The highest BCUT2D eigenvalue weighted by Gasteiger charge is 2.13. The summed E-state index contributed by atoms with van der Waals surface area (Å²) in [5, 5.41) is 2.87. The van der Waals surface area contributed by atoms with Crippen molar-refractivity contribution < 1.29 is 13.9 Å². The standard InChI is InChI=1S/C18H17ClFN3O2/c1-2-9-23-15-6-4-3-5-14(15)21-18(23)22-17(24)11-25-16-8-7-12(20)10-13(16)19/h3-8,10H,2,9,11H2,1H3,(H,21,22,24). The van der Waals surface area contributed by atoms with Gasteiger partial charge in [0.2, 0.25) is 5.95 Å². The number of benzene rings is 2. The average molecular weight is 362 g/mol. The molecule has 3 aromatic rings. The van der Waals surface area contributed by atoms with E-state index in [1.165, 1.54) is 12.1 Å². The molecule has 1 amide bonds. The number of amides is 1. The molecule has 2 aromatic carbocycles. The van der Waals surface area contributed by atoms with E-state index in [1.54, 1.807) is 0 Å². The van der Waals surface area contributed by atoms with Crippen LogP contribution in [-0.4, -0.2) is 22.1 Å². The monoisotopic (exact) mass is 361 g/mol. The second kappa shape index (κ2) is 7.53. The number of fused-ring (bicyclic) bond motifs is 1. The first-order chi connectivity index (χ1) is 12.1. The number of hydrogen-bond donors (Lipinski definition) is 1. The molecule has 0 bridgehead atoms. The fourth-order valence-electron chi connectivity index (χ4n) is 2.52. The van der Waals surface area contributed by atoms with Crippen molar-refractivity contribution in [3.63, 3.8) is 0 Å². The van der Waals surface area contributed by atoms with Gasteiger partial charge in [0.15, 0.2) is 6.61 Å². The van der Waals surface area contributed by atoms with Crippen molar-refractivity contribution in [1.29, 1.82) is 0 Å². The number of halogens is 2. The molecule has 3 rings (SSSR count). The van der Waals surface area contributed by atoms with Crippen LogP contribution in [0.4, 0.5) is 10.3 Å². The summed E-state index contributed by atoms with van der Waals surface area (Å²) in [5.74, 6) is -0.106. The van der Waals surface area contributed by atoms with Gasteiger partial charge in [-0.05, 0) is 36.8 Å². The number of nitrogens with one attached hydrogen (secondary N) is 1. The molecule has 0 aliphatic rings. The number of para-hydroxylation sites is 2. The first kappa shape index (κ1) is 17.2. The molecule has 0 unspecified atom stereocenters. The van der Waals surface area contributed by atoms with Crippen molar-refractivity contribution >= 4 is 34.5 Å². The van der Waals surface area contributed by atoms with Gasteiger partial charge in [0.05, 0.1) is 16.1 Å². The molecule has 1 N–H and O–H groups in total. The Kier molecular flexibility index (Phi) is 5.19. The van der Waals surface area contributed by atoms with Crippen LogP contribution in [0.2, 0.25) is 5.02 Å². The molecule has 7 heteroatoms. The zero-order valence-electron chi connectivity index (χ0n) is 13.6. The first-order valence-electron chi connectivity index (χ1n) is 7.91. The van der Waals surface area contributed by atoms with Crippen LogP contribution in [0.5, 0.6) is 5.75 Å². The molecule has 0 saturated carbocycles. The van der Waals surface area contributed by atoms with Gasteiger partial charge in [-0.25, -0.2) is 9.37 Å². The van der Waals surface area contributed by atoms with Crippen molar-refractivity contribution in [3.05, 3.63) is 53.3 Å². The van der Waals surface area contributed by atoms with Gasteiger partial charge in [-0.1, -0.05) is 30.7 Å². The highest BCUT2D eigenvalue weighted by molar-refractivity contribution is 6.32. The summed E-state index contributed by atoms with van der Waals surface area (Å²) in [5.41, 5.74) is 1.77. The fraction of sp³-hybridized carbons (Fsp3) is 0.222. The Labute approximate surface area is 149 Å². The largest absolute Gasteiger partial charge is 0.482 e. The van der Waals surface area contributed by atoms with Gasteiger partial charge in [0.25, 0.3) is 5.91 Å². The Morgan fingerprint density at radius 1 is 1.32 bits per heavy atom. The van der Waals surface area contributed by atoms with Gasteiger partial charge in [-0.2, -0.15) is 0 Å². The molecule has 1 aromatic heterocycles. The van der Waals surface area contributed by atoms with Crippen LogP contribution in [0.3, 0.4) is 0 Å². The summed E-state index contributed by atoms with van der Waals surface area (Å²) in [7, 11) is 0. The lowest BCUT2D eigenvalue weighted by Crippen LogP contribution is -2.22. The lowest BCUT2D eigenvalue weighted by atomic mass is 10.3. The van der Waals surface area contributed by atoms with E-state index in [9.17, 15) is 9.18 Å². The van der Waals surface area contributed by atoms with Crippen molar-refractivity contribution in [2.75, 3.05) is 11.9 Å². The van der Waals surface area contributed by atoms with Crippen molar-refractivity contribution in [1.82, 2.24) is 9.55 Å². The maximum absolute atomic E-state index is 13.0. The van der Waals surface area contributed by atoms with Crippen LogP contribution >= 0.6 is 11.6 Å². The van der Waals surface area contributed by atoms with E-state index in [2.05, 4.69) is 17.2 Å². The number of aromatic nitrogens is 2. The maximum Gasteiger partial charge on any atom is 0.264 e. The zero-order chi connectivity index (χ0) is 17.8. The van der Waals surface area contributed by atoms with Crippen LogP contribution in [0.1, 0.15) is 13.3 Å². The van der Waals surface area contributed by atoms with Crippen LogP contribution in [-0.2, 0) is 11.3 Å². The molecule has 0 atom stereocenters. The van der Waals surface area contributed by atoms with E-state index >= 15 is 0 Å². The normalized spacial score (nSPS) is 10.8. The Hall–Kier alpha value is -2.60. The van der Waals surface area contributed by atoms with E-state index in [0.29, 0.717) is 5.95 Å². The molecule has 0 spiro atoms. The molecule has 5 nitrogen and oxygen atoms in total. The molecule has 0 saturated heterocycles. The summed E-state index contributed by atoms with van der Waals surface area (Å²) >= 11 is 5.88. The van der Waals surface area contributed by atoms with Gasteiger partial charge in [-0.15, -0.1) is 0 Å². The highest BCUT2D eigenvalue weighted by atomic mass is 35.5. The quantitative estimate of drug-likeness (QED) is 0.713. The van der Waals surface area contributed by atoms with Crippen LogP contribution in [0.15, 0.2) is 42.5 Å². The van der Waals surface area contributed by atoms with Crippen LogP contribution in [0.25, 0.3) is 11.0 Å². The summed E-state index contributed by atoms with van der Waals surface area (Å²) < 4.78 is 20.3. The third kappa shape index (κ3) is 3.91. The lowest BCUT2D eigenvalue weighted by molar-refractivity contribution is -0.118. The average Bonchev–Trinajstić information content (AvgIpc) is 2.92. The van der Waals surface area contributed by atoms with Crippen molar-refractivity contribution in [3.8, 4) is 5.75 Å². The first-order valence-corrected chi connectivity index (χ1v) is 8.29. The summed E-state index contributed by atoms with van der Waals surface area (Å²) in [4.78, 5) is 16.6. The lowest BCUT2D eigenvalue weighted by Gasteiger charge is -2.10. The number of anilines is 1. The smallest absolute Gasteiger partial charge is 0.264 e. The Bertz CT molecular complexity index is 910. The number of imidazole rings is 1. The zero-order valence-corrected chi connectivity index (χ0v) is 14.4. The van der Waals surface area contributed by atoms with Crippen LogP contribution < -0.4 is 10.1 Å². The Morgan fingerprint density at radius 3 is 2.88 bits per heavy atom. The number of rotatable bonds is 6. The molecule has 130 valence electrons. The number of aryl methyl sites for hydroxylation is 1. The van der Waals surface area contributed by atoms with Gasteiger partial charge in [0, 0.05) is 6.54 Å². The van der Waals surface area contributed by atoms with E-state index in [0.717, 1.165) is 30.1 Å². The summed E-state index contributed by atoms with van der Waals surface area (Å²) in [6.45, 7) is 2.54. The van der Waals surface area contributed by atoms with Gasteiger partial charge >= 0.3 is 0 Å². The highest BCUT2D eigenvalue weighted by Crippen LogP contribution is 2.25. The van der Waals surface area contributed by atoms with Crippen molar-refractivity contribution in [2.24, 2.45) is 0 Å². The second-order valence-corrected chi connectivity index (χ2v) is 5.89. The molecule has 0 aliphatic carbocycles. The summed E-state index contributed by atoms with van der Waals surface area (Å²) in [6, 6.07) is 11.4. The molecule has 0 radical (unpaired) electrons. The Morgan fingerprint density at radius 2 is 2.12 bits per heavy atom. The molecule has 0 aliphatic heterocycles. The van der Waals surface area contributed by atoms with Gasteiger partial charge in [0.1, 0.15) is 11.6 Å². The number of carbonyl (C=O) groups is 1. The predicted molar refractivity (Wildman–Crippen MR) is 95.6 cm³/mol. The predicted octanol–water partition coefficient (Wildman–Crippen LogP) is 4.26.